The van der Waals surface area contributed by atoms with E-state index in [4.69, 9.17) is 10.5 Å². The van der Waals surface area contributed by atoms with E-state index in [1.807, 2.05) is 4.90 Å². The van der Waals surface area contributed by atoms with Crippen LogP contribution >= 0.6 is 0 Å². The van der Waals surface area contributed by atoms with Crippen molar-refractivity contribution in [2.75, 3.05) is 45.9 Å². The average molecular weight is 271 g/mol. The zero-order valence-electron chi connectivity index (χ0n) is 11.5. The van der Waals surface area contributed by atoms with Crippen molar-refractivity contribution in [3.05, 3.63) is 0 Å². The second-order valence-corrected chi connectivity index (χ2v) is 5.36. The molecule has 1 amide bonds. The van der Waals surface area contributed by atoms with Crippen LogP contribution in [0.15, 0.2) is 0 Å². The minimum atomic E-state index is -0.356. The van der Waals surface area contributed by atoms with Crippen molar-refractivity contribution in [1.82, 2.24) is 9.80 Å². The number of hydrogen-bond acceptors (Lipinski definition) is 5. The number of nitrogens with zero attached hydrogens (tertiary/aromatic N) is 2. The standard InChI is InChI=1S/C13H25N3O3/c14-4-3-11(17)10-15-5-7-16(8-6-15)13(18)12-2-1-9-19-12/h11-12,17H,1-10,14H2. The molecule has 19 heavy (non-hydrogen) atoms. The molecule has 2 fully saturated rings. The number of β-amino-alcohol motifs (C(OH)–C–C–N with tert-alkyl or cyclic N) is 1. The average Bonchev–Trinajstić information content (AvgIpc) is 2.93. The van der Waals surface area contributed by atoms with E-state index in [-0.39, 0.29) is 18.1 Å². The first-order valence-electron chi connectivity index (χ1n) is 7.21. The van der Waals surface area contributed by atoms with Crippen LogP contribution in [0.3, 0.4) is 0 Å². The lowest BCUT2D eigenvalue weighted by atomic mass is 10.2. The maximum absolute atomic E-state index is 12.1. The first-order valence-corrected chi connectivity index (χ1v) is 7.21. The molecule has 110 valence electrons. The zero-order chi connectivity index (χ0) is 13.7. The van der Waals surface area contributed by atoms with E-state index >= 15 is 0 Å². The van der Waals surface area contributed by atoms with Crippen LogP contribution in [-0.2, 0) is 9.53 Å². The van der Waals surface area contributed by atoms with Gasteiger partial charge < -0.3 is 20.5 Å². The molecule has 0 aliphatic carbocycles. The zero-order valence-corrected chi connectivity index (χ0v) is 11.5. The van der Waals surface area contributed by atoms with Gasteiger partial charge in [0, 0.05) is 39.3 Å². The summed E-state index contributed by atoms with van der Waals surface area (Å²) in [7, 11) is 0. The fourth-order valence-electron chi connectivity index (χ4n) is 2.71. The number of nitrogens with two attached hydrogens (primary N) is 1. The van der Waals surface area contributed by atoms with E-state index in [1.54, 1.807) is 0 Å². The number of ether oxygens (including phenoxy) is 1. The molecule has 2 saturated heterocycles. The Bertz CT molecular complexity index is 287. The fourth-order valence-corrected chi connectivity index (χ4v) is 2.71. The monoisotopic (exact) mass is 271 g/mol. The highest BCUT2D eigenvalue weighted by Crippen LogP contribution is 2.16. The number of aliphatic hydroxyl groups excluding tert-OH is 1. The molecule has 2 aliphatic rings. The summed E-state index contributed by atoms with van der Waals surface area (Å²) in [6, 6.07) is 0. The molecule has 2 aliphatic heterocycles. The molecule has 0 spiro atoms. The van der Waals surface area contributed by atoms with Gasteiger partial charge in [-0.15, -0.1) is 0 Å². The van der Waals surface area contributed by atoms with Gasteiger partial charge in [0.1, 0.15) is 6.10 Å². The van der Waals surface area contributed by atoms with E-state index in [0.29, 0.717) is 26.1 Å². The van der Waals surface area contributed by atoms with Gasteiger partial charge in [0.25, 0.3) is 5.91 Å². The van der Waals surface area contributed by atoms with E-state index in [1.165, 1.54) is 0 Å². The molecule has 2 rings (SSSR count). The van der Waals surface area contributed by atoms with Gasteiger partial charge in [-0.05, 0) is 25.8 Å². The molecule has 0 aromatic rings. The van der Waals surface area contributed by atoms with Crippen molar-refractivity contribution in [3.8, 4) is 0 Å². The van der Waals surface area contributed by atoms with Crippen molar-refractivity contribution >= 4 is 5.91 Å². The number of piperazine rings is 1. The van der Waals surface area contributed by atoms with Crippen LogP contribution in [0.4, 0.5) is 0 Å². The number of aliphatic hydroxyl groups is 1. The molecule has 2 unspecified atom stereocenters. The SMILES string of the molecule is NCCC(O)CN1CCN(C(=O)C2CCCO2)CC1. The number of carbonyl (C=O) groups excluding carboxylic acids is 1. The summed E-state index contributed by atoms with van der Waals surface area (Å²) in [6.45, 7) is 4.97. The molecule has 2 heterocycles. The molecule has 0 aromatic carbocycles. The molecule has 3 N–H and O–H groups in total. The summed E-state index contributed by atoms with van der Waals surface area (Å²) in [6.07, 6.45) is 1.91. The topological polar surface area (TPSA) is 79.0 Å². The van der Waals surface area contributed by atoms with Crippen molar-refractivity contribution in [2.45, 2.75) is 31.5 Å². The van der Waals surface area contributed by atoms with Gasteiger partial charge in [-0.2, -0.15) is 0 Å². The summed E-state index contributed by atoms with van der Waals surface area (Å²) in [5.41, 5.74) is 5.42. The van der Waals surface area contributed by atoms with Gasteiger partial charge in [-0.1, -0.05) is 0 Å². The molecule has 6 heteroatoms. The Morgan fingerprint density at radius 2 is 2.11 bits per heavy atom. The van der Waals surface area contributed by atoms with Crippen molar-refractivity contribution < 1.29 is 14.6 Å². The largest absolute Gasteiger partial charge is 0.392 e. The highest BCUT2D eigenvalue weighted by atomic mass is 16.5. The molecule has 0 saturated carbocycles. The van der Waals surface area contributed by atoms with E-state index in [0.717, 1.165) is 39.0 Å². The molecule has 2 atom stereocenters. The summed E-state index contributed by atoms with van der Waals surface area (Å²) in [5.74, 6) is 0.139. The number of amides is 1. The number of carbonyl (C=O) groups is 1. The number of rotatable bonds is 5. The number of hydrogen-bond donors (Lipinski definition) is 2. The smallest absolute Gasteiger partial charge is 0.251 e. The Kier molecular flexibility index (Phi) is 5.57. The lowest BCUT2D eigenvalue weighted by Crippen LogP contribution is -2.52. The van der Waals surface area contributed by atoms with E-state index < -0.39 is 0 Å². The van der Waals surface area contributed by atoms with Crippen molar-refractivity contribution in [3.63, 3.8) is 0 Å². The molecule has 0 radical (unpaired) electrons. The Labute approximate surface area is 114 Å². The summed E-state index contributed by atoms with van der Waals surface area (Å²) >= 11 is 0. The Morgan fingerprint density at radius 1 is 1.37 bits per heavy atom. The van der Waals surface area contributed by atoms with Crippen molar-refractivity contribution in [1.29, 1.82) is 0 Å². The third-order valence-corrected chi connectivity index (χ3v) is 3.86. The molecule has 6 nitrogen and oxygen atoms in total. The second-order valence-electron chi connectivity index (χ2n) is 5.36. The van der Waals surface area contributed by atoms with Gasteiger partial charge in [0.2, 0.25) is 0 Å². The van der Waals surface area contributed by atoms with Crippen LogP contribution in [0, 0.1) is 0 Å². The van der Waals surface area contributed by atoms with Crippen LogP contribution in [0.1, 0.15) is 19.3 Å². The first kappa shape index (κ1) is 14.7. The van der Waals surface area contributed by atoms with Crippen molar-refractivity contribution in [2.24, 2.45) is 5.73 Å². The highest BCUT2D eigenvalue weighted by molar-refractivity contribution is 5.81. The summed E-state index contributed by atoms with van der Waals surface area (Å²) < 4.78 is 5.43. The minimum absolute atomic E-state index is 0.139. The summed E-state index contributed by atoms with van der Waals surface area (Å²) in [4.78, 5) is 16.2. The molecular formula is C13H25N3O3. The van der Waals surface area contributed by atoms with E-state index in [9.17, 15) is 9.90 Å². The van der Waals surface area contributed by atoms with Crippen LogP contribution in [0.25, 0.3) is 0 Å². The first-order chi connectivity index (χ1) is 9.20. The maximum Gasteiger partial charge on any atom is 0.251 e. The van der Waals surface area contributed by atoms with Gasteiger partial charge in [-0.3, -0.25) is 9.69 Å². The second kappa shape index (κ2) is 7.19. The lowest BCUT2D eigenvalue weighted by molar-refractivity contribution is -0.142. The maximum atomic E-state index is 12.1. The molecular weight excluding hydrogens is 246 g/mol. The third kappa shape index (κ3) is 4.14. The fraction of sp³-hybridized carbons (Fsp3) is 0.923. The van der Waals surface area contributed by atoms with Crippen LogP contribution in [-0.4, -0.2) is 78.9 Å². The van der Waals surface area contributed by atoms with E-state index in [2.05, 4.69) is 4.90 Å². The lowest BCUT2D eigenvalue weighted by Gasteiger charge is -2.36. The normalized spacial score (nSPS) is 26.6. The van der Waals surface area contributed by atoms with Crippen LogP contribution < -0.4 is 5.73 Å². The quantitative estimate of drug-likeness (QED) is 0.672. The summed E-state index contributed by atoms with van der Waals surface area (Å²) in [5, 5.41) is 9.73. The predicted molar refractivity (Wildman–Crippen MR) is 71.7 cm³/mol. The molecule has 0 bridgehead atoms. The Hall–Kier alpha value is -0.690. The molecule has 0 aromatic heterocycles. The van der Waals surface area contributed by atoms with Crippen LogP contribution in [0.5, 0.6) is 0 Å². The Morgan fingerprint density at radius 3 is 2.68 bits per heavy atom. The Balaban J connectivity index is 1.71. The van der Waals surface area contributed by atoms with Gasteiger partial charge in [0.05, 0.1) is 6.10 Å². The predicted octanol–water partition coefficient (Wildman–Crippen LogP) is -0.981. The van der Waals surface area contributed by atoms with Gasteiger partial charge >= 0.3 is 0 Å². The van der Waals surface area contributed by atoms with Gasteiger partial charge in [0.15, 0.2) is 0 Å². The van der Waals surface area contributed by atoms with Gasteiger partial charge in [-0.25, -0.2) is 0 Å². The third-order valence-electron chi connectivity index (χ3n) is 3.86. The van der Waals surface area contributed by atoms with Crippen LogP contribution in [0.2, 0.25) is 0 Å². The highest BCUT2D eigenvalue weighted by Gasteiger charge is 2.30. The minimum Gasteiger partial charge on any atom is -0.392 e.